The number of para-hydroxylation sites is 1. The molecule has 1 saturated heterocycles. The standard InChI is InChI=1S/C19H15N3O7/c1-28-17(23)11-29-16-8-7-14(22(26)27)9-12(16)10-15-18(24)20-21(19(15)25)13-5-3-2-4-6-13/h2-10H,11H2,1H3,(H,20,24). The van der Waals surface area contributed by atoms with E-state index in [0.717, 1.165) is 11.1 Å². The third-order valence-electron chi connectivity index (χ3n) is 3.98. The minimum Gasteiger partial charge on any atom is -0.481 e. The number of nitrogens with zero attached hydrogens (tertiary/aromatic N) is 2. The second-order valence-corrected chi connectivity index (χ2v) is 5.82. The molecule has 0 aliphatic carbocycles. The van der Waals surface area contributed by atoms with Gasteiger partial charge in [0.05, 0.1) is 17.7 Å². The second kappa shape index (κ2) is 8.21. The van der Waals surface area contributed by atoms with Crippen molar-refractivity contribution in [2.24, 2.45) is 0 Å². The number of esters is 1. The van der Waals surface area contributed by atoms with Crippen molar-refractivity contribution in [3.05, 3.63) is 69.8 Å². The minimum atomic E-state index is -0.677. The molecule has 2 aromatic carbocycles. The van der Waals surface area contributed by atoms with Crippen molar-refractivity contribution in [2.45, 2.75) is 0 Å². The molecule has 1 aliphatic heterocycles. The molecule has 1 aliphatic rings. The molecule has 0 bridgehead atoms. The van der Waals surface area contributed by atoms with Gasteiger partial charge in [0.1, 0.15) is 11.3 Å². The molecule has 0 spiro atoms. The van der Waals surface area contributed by atoms with Gasteiger partial charge in [0.15, 0.2) is 6.61 Å². The van der Waals surface area contributed by atoms with E-state index in [1.54, 1.807) is 30.3 Å². The average molecular weight is 397 g/mol. The fraction of sp³-hybridized carbons (Fsp3) is 0.105. The molecule has 1 N–H and O–H groups in total. The van der Waals surface area contributed by atoms with Gasteiger partial charge in [0, 0.05) is 17.7 Å². The number of hydrogen-bond acceptors (Lipinski definition) is 7. The Hall–Kier alpha value is -4.21. The van der Waals surface area contributed by atoms with E-state index in [0.29, 0.717) is 5.69 Å². The molecule has 1 fully saturated rings. The van der Waals surface area contributed by atoms with Crippen LogP contribution in [0.4, 0.5) is 11.4 Å². The number of nitro groups is 1. The summed E-state index contributed by atoms with van der Waals surface area (Å²) in [6.45, 7) is -0.444. The summed E-state index contributed by atoms with van der Waals surface area (Å²) < 4.78 is 9.81. The van der Waals surface area contributed by atoms with Crippen LogP contribution in [-0.4, -0.2) is 36.4 Å². The van der Waals surface area contributed by atoms with E-state index in [2.05, 4.69) is 10.2 Å². The Bertz CT molecular complexity index is 1020. The third kappa shape index (κ3) is 4.21. The normalized spacial score (nSPS) is 14.7. The van der Waals surface area contributed by atoms with Gasteiger partial charge in [-0.2, -0.15) is 0 Å². The maximum absolute atomic E-state index is 12.7. The molecule has 10 nitrogen and oxygen atoms in total. The van der Waals surface area contributed by atoms with Gasteiger partial charge in [0.2, 0.25) is 0 Å². The lowest BCUT2D eigenvalue weighted by atomic mass is 10.1. The zero-order chi connectivity index (χ0) is 21.0. The number of benzene rings is 2. The molecule has 0 atom stereocenters. The van der Waals surface area contributed by atoms with Gasteiger partial charge in [-0.3, -0.25) is 25.1 Å². The summed E-state index contributed by atoms with van der Waals surface area (Å²) in [6, 6.07) is 12.0. The van der Waals surface area contributed by atoms with Crippen molar-refractivity contribution in [3.63, 3.8) is 0 Å². The van der Waals surface area contributed by atoms with Crippen LogP contribution in [0.2, 0.25) is 0 Å². The fourth-order valence-electron chi connectivity index (χ4n) is 2.56. The number of nitro benzene ring substituents is 1. The largest absolute Gasteiger partial charge is 0.481 e. The Kier molecular flexibility index (Phi) is 5.54. The maximum Gasteiger partial charge on any atom is 0.343 e. The number of non-ortho nitro benzene ring substituents is 1. The maximum atomic E-state index is 12.7. The van der Waals surface area contributed by atoms with E-state index in [4.69, 9.17) is 4.74 Å². The summed E-state index contributed by atoms with van der Waals surface area (Å²) in [6.07, 6.45) is 1.18. The first kappa shape index (κ1) is 19.5. The summed E-state index contributed by atoms with van der Waals surface area (Å²) >= 11 is 0. The van der Waals surface area contributed by atoms with Crippen LogP contribution >= 0.6 is 0 Å². The van der Waals surface area contributed by atoms with Crippen molar-refractivity contribution < 1.29 is 28.8 Å². The number of carbonyl (C=O) groups is 3. The second-order valence-electron chi connectivity index (χ2n) is 5.82. The summed E-state index contributed by atoms with van der Waals surface area (Å²) in [5, 5.41) is 12.2. The van der Waals surface area contributed by atoms with E-state index in [-0.39, 0.29) is 22.6 Å². The minimum absolute atomic E-state index is 0.0762. The van der Waals surface area contributed by atoms with Gasteiger partial charge in [-0.25, -0.2) is 9.80 Å². The molecule has 0 unspecified atom stereocenters. The number of anilines is 1. The van der Waals surface area contributed by atoms with Gasteiger partial charge < -0.3 is 9.47 Å². The van der Waals surface area contributed by atoms with E-state index in [1.165, 1.54) is 25.3 Å². The first-order valence-electron chi connectivity index (χ1n) is 8.31. The highest BCUT2D eigenvalue weighted by Crippen LogP contribution is 2.28. The lowest BCUT2D eigenvalue weighted by Crippen LogP contribution is -2.35. The van der Waals surface area contributed by atoms with E-state index in [9.17, 15) is 24.5 Å². The number of hydrogen-bond donors (Lipinski definition) is 1. The van der Waals surface area contributed by atoms with Crippen LogP contribution in [0, 0.1) is 10.1 Å². The Balaban J connectivity index is 1.97. The van der Waals surface area contributed by atoms with Crippen LogP contribution in [0.1, 0.15) is 5.56 Å². The van der Waals surface area contributed by atoms with Crippen molar-refractivity contribution in [1.82, 2.24) is 5.43 Å². The molecule has 148 valence electrons. The van der Waals surface area contributed by atoms with Crippen molar-refractivity contribution in [3.8, 4) is 5.75 Å². The van der Waals surface area contributed by atoms with Crippen molar-refractivity contribution >= 4 is 35.2 Å². The molecular formula is C19H15N3O7. The summed E-state index contributed by atoms with van der Waals surface area (Å²) in [5.41, 5.74) is 2.47. The lowest BCUT2D eigenvalue weighted by Gasteiger charge is -2.14. The molecule has 0 radical (unpaired) electrons. The molecule has 3 rings (SSSR count). The van der Waals surface area contributed by atoms with Crippen LogP contribution in [0.3, 0.4) is 0 Å². The summed E-state index contributed by atoms with van der Waals surface area (Å²) in [4.78, 5) is 46.8. The van der Waals surface area contributed by atoms with Crippen molar-refractivity contribution in [2.75, 3.05) is 18.7 Å². The molecule has 10 heteroatoms. The molecule has 2 amide bonds. The van der Waals surface area contributed by atoms with Gasteiger partial charge >= 0.3 is 5.97 Å². The molecular weight excluding hydrogens is 382 g/mol. The third-order valence-corrected chi connectivity index (χ3v) is 3.98. The van der Waals surface area contributed by atoms with Gasteiger partial charge in [-0.15, -0.1) is 0 Å². The van der Waals surface area contributed by atoms with E-state index in [1.807, 2.05) is 0 Å². The number of carbonyl (C=O) groups excluding carboxylic acids is 3. The average Bonchev–Trinajstić information content (AvgIpc) is 3.01. The SMILES string of the molecule is COC(=O)COc1ccc([N+](=O)[O-])cc1C=C1C(=O)NN(c2ccccc2)C1=O. The quantitative estimate of drug-likeness (QED) is 0.258. The highest BCUT2D eigenvalue weighted by atomic mass is 16.6. The van der Waals surface area contributed by atoms with Crippen LogP contribution in [0.5, 0.6) is 5.75 Å². The van der Waals surface area contributed by atoms with Gasteiger partial charge in [0.25, 0.3) is 17.5 Å². The summed E-state index contributed by atoms with van der Waals surface area (Å²) in [5.74, 6) is -1.89. The van der Waals surface area contributed by atoms with E-state index >= 15 is 0 Å². The number of hydrazine groups is 1. The molecule has 1 heterocycles. The molecule has 29 heavy (non-hydrogen) atoms. The molecule has 2 aromatic rings. The fourth-order valence-corrected chi connectivity index (χ4v) is 2.56. The number of ether oxygens (including phenoxy) is 2. The lowest BCUT2D eigenvalue weighted by molar-refractivity contribution is -0.384. The first-order chi connectivity index (χ1) is 13.9. The van der Waals surface area contributed by atoms with Crippen LogP contribution in [-0.2, 0) is 19.1 Å². The number of methoxy groups -OCH3 is 1. The monoisotopic (exact) mass is 397 g/mol. The number of amides is 2. The smallest absolute Gasteiger partial charge is 0.343 e. The van der Waals surface area contributed by atoms with E-state index < -0.39 is 29.3 Å². The zero-order valence-electron chi connectivity index (χ0n) is 15.2. The highest BCUT2D eigenvalue weighted by molar-refractivity contribution is 6.31. The predicted molar refractivity (Wildman–Crippen MR) is 101 cm³/mol. The Morgan fingerprint density at radius 2 is 1.93 bits per heavy atom. The molecule has 0 saturated carbocycles. The van der Waals surface area contributed by atoms with Crippen LogP contribution in [0.25, 0.3) is 6.08 Å². The van der Waals surface area contributed by atoms with Gasteiger partial charge in [-0.05, 0) is 24.3 Å². The summed E-state index contributed by atoms with van der Waals surface area (Å²) in [7, 11) is 1.18. The first-order valence-corrected chi connectivity index (χ1v) is 8.31. The topological polar surface area (TPSA) is 128 Å². The molecule has 0 aromatic heterocycles. The Morgan fingerprint density at radius 3 is 2.59 bits per heavy atom. The zero-order valence-corrected chi connectivity index (χ0v) is 15.2. The number of rotatable bonds is 6. The van der Waals surface area contributed by atoms with Crippen molar-refractivity contribution in [1.29, 1.82) is 0 Å². The van der Waals surface area contributed by atoms with Gasteiger partial charge in [-0.1, -0.05) is 18.2 Å². The highest BCUT2D eigenvalue weighted by Gasteiger charge is 2.34. The predicted octanol–water partition coefficient (Wildman–Crippen LogP) is 1.61. The van der Waals surface area contributed by atoms with Crippen LogP contribution in [0.15, 0.2) is 54.1 Å². The Morgan fingerprint density at radius 1 is 1.21 bits per heavy atom. The Labute approximate surface area is 164 Å². The number of nitrogens with one attached hydrogen (secondary N) is 1. The van der Waals surface area contributed by atoms with Crippen LogP contribution < -0.4 is 15.2 Å².